The molecule has 0 bridgehead atoms. The zero-order chi connectivity index (χ0) is 18.1. The van der Waals surface area contributed by atoms with E-state index in [9.17, 15) is 25.9 Å². The van der Waals surface area contributed by atoms with E-state index in [1.54, 1.807) is 0 Å². The number of fused-ring (bicyclic) bond motifs is 1. The molecule has 11 heteroatoms. The molecule has 0 radical (unpaired) electrons. The van der Waals surface area contributed by atoms with E-state index in [0.717, 1.165) is 19.3 Å². The molecule has 2 aliphatic rings. The minimum atomic E-state index is -5.19. The molecule has 24 heavy (non-hydrogen) atoms. The summed E-state index contributed by atoms with van der Waals surface area (Å²) in [6.07, 6.45) is 4.11. The summed E-state index contributed by atoms with van der Waals surface area (Å²) >= 11 is 0. The monoisotopic (exact) mass is 392 g/mol. The first-order valence-corrected chi connectivity index (χ1v) is 10.9. The van der Waals surface area contributed by atoms with Crippen LogP contribution in [0.25, 0.3) is 0 Å². The Hall–Kier alpha value is -0.390. The van der Waals surface area contributed by atoms with E-state index in [1.165, 1.54) is 0 Å². The second kappa shape index (κ2) is 7.46. The van der Waals surface area contributed by atoms with Crippen LogP contribution in [-0.2, 0) is 24.4 Å². The Morgan fingerprint density at radius 3 is 2.17 bits per heavy atom. The summed E-state index contributed by atoms with van der Waals surface area (Å²) < 4.78 is 79.5. The van der Waals surface area contributed by atoms with Gasteiger partial charge in [0.15, 0.2) is 0 Å². The van der Waals surface area contributed by atoms with Crippen molar-refractivity contribution in [2.24, 2.45) is 15.6 Å². The van der Waals surface area contributed by atoms with Gasteiger partial charge in [-0.1, -0.05) is 21.0 Å². The largest absolute Gasteiger partial charge is 0.346 e. The molecule has 2 rings (SSSR count). The Morgan fingerprint density at radius 2 is 1.62 bits per heavy atom. The summed E-state index contributed by atoms with van der Waals surface area (Å²) in [5.41, 5.74) is 0. The molecule has 6 nitrogen and oxygen atoms in total. The van der Waals surface area contributed by atoms with Crippen LogP contribution in [0.4, 0.5) is 13.3 Å². The van der Waals surface area contributed by atoms with Crippen LogP contribution in [0.15, 0.2) is 3.77 Å². The van der Waals surface area contributed by atoms with Crippen LogP contribution < -0.4 is 0 Å². The third kappa shape index (κ3) is 3.88. The van der Waals surface area contributed by atoms with Crippen LogP contribution in [0.5, 0.6) is 0 Å². The fourth-order valence-electron chi connectivity index (χ4n) is 4.20. The minimum absolute atomic E-state index is 0.103. The van der Waals surface area contributed by atoms with Gasteiger partial charge in [0.2, 0.25) is 0 Å². The lowest BCUT2D eigenvalue weighted by Gasteiger charge is -2.46. The third-order valence-corrected chi connectivity index (χ3v) is 8.80. The van der Waals surface area contributed by atoms with Crippen LogP contribution in [-0.4, -0.2) is 48.7 Å². The quantitative estimate of drug-likeness (QED) is 0.719. The Bertz CT molecular complexity index is 662. The average Bonchev–Trinajstić information content (AvgIpc) is 2.52. The van der Waals surface area contributed by atoms with Crippen LogP contribution in [0, 0.1) is 11.8 Å². The molecule has 0 heterocycles. The fraction of sp³-hybridized carbons (Fsp3) is 1.00. The number of hydrogen-bond acceptors (Lipinski definition) is 5. The Balaban J connectivity index is 2.37. The molecule has 2 fully saturated rings. The van der Waals surface area contributed by atoms with Gasteiger partial charge in [-0.2, -0.15) is 8.78 Å². The molecule has 0 aromatic carbocycles. The van der Waals surface area contributed by atoms with E-state index in [0.29, 0.717) is 12.8 Å². The van der Waals surface area contributed by atoms with Gasteiger partial charge < -0.3 is 4.90 Å². The van der Waals surface area contributed by atoms with Crippen molar-refractivity contribution in [3.05, 3.63) is 0 Å². The van der Waals surface area contributed by atoms with Crippen molar-refractivity contribution in [3.63, 3.8) is 0 Å². The summed E-state index contributed by atoms with van der Waals surface area (Å²) in [5, 5.41) is -1.02. The van der Waals surface area contributed by atoms with Crippen molar-refractivity contribution in [3.8, 4) is 0 Å². The highest BCUT2D eigenvalue weighted by Gasteiger charge is 2.46. The number of nitrogens with zero attached hydrogens (tertiary/aromatic N) is 2. The standard InChI is InChI=1S/C13H23F3N2O4S2/c1-18(2)11-7-3-6-10-9(11)5-4-8-12(10)23(19,20)17-24(21,22-16)13(14)15/h9-13H,3-8H2,1-2H3. The molecule has 142 valence electrons. The molecular weight excluding hydrogens is 369 g/mol. The maximum atomic E-state index is 12.7. The first-order chi connectivity index (χ1) is 11.1. The first-order valence-electron chi connectivity index (χ1n) is 7.88. The second-order valence-electron chi connectivity index (χ2n) is 6.69. The van der Waals surface area contributed by atoms with E-state index in [1.807, 2.05) is 14.1 Å². The van der Waals surface area contributed by atoms with Gasteiger partial charge in [-0.3, -0.25) is 0 Å². The van der Waals surface area contributed by atoms with Crippen molar-refractivity contribution >= 4 is 20.0 Å². The molecule has 0 N–H and O–H groups in total. The van der Waals surface area contributed by atoms with Gasteiger partial charge in [0.05, 0.1) is 5.25 Å². The highest BCUT2D eigenvalue weighted by atomic mass is 32.3. The zero-order valence-corrected chi connectivity index (χ0v) is 15.2. The van der Waals surface area contributed by atoms with E-state index in [2.05, 4.69) is 13.1 Å². The maximum absolute atomic E-state index is 12.7. The summed E-state index contributed by atoms with van der Waals surface area (Å²) in [6, 6.07) is 0.207. The van der Waals surface area contributed by atoms with Gasteiger partial charge in [0.1, 0.15) is 0 Å². The fourth-order valence-corrected chi connectivity index (χ4v) is 7.45. The minimum Gasteiger partial charge on any atom is -0.306 e. The lowest BCUT2D eigenvalue weighted by molar-refractivity contribution is -0.000812. The summed E-state index contributed by atoms with van der Waals surface area (Å²) in [4.78, 5) is 2.05. The van der Waals surface area contributed by atoms with Gasteiger partial charge >= 0.3 is 5.76 Å². The molecule has 0 aromatic rings. The van der Waals surface area contributed by atoms with E-state index in [4.69, 9.17) is 0 Å². The Labute approximate surface area is 141 Å². The summed E-state index contributed by atoms with van der Waals surface area (Å²) in [7, 11) is -5.87. The molecule has 0 spiro atoms. The van der Waals surface area contributed by atoms with Crippen LogP contribution in [0.2, 0.25) is 0 Å². The Kier molecular flexibility index (Phi) is 6.20. The Morgan fingerprint density at radius 1 is 1.04 bits per heavy atom. The molecule has 5 atom stereocenters. The van der Waals surface area contributed by atoms with Crippen LogP contribution >= 0.6 is 0 Å². The van der Waals surface area contributed by atoms with Gasteiger partial charge in [-0.05, 0) is 56.1 Å². The highest BCUT2D eigenvalue weighted by Crippen LogP contribution is 2.45. The van der Waals surface area contributed by atoms with E-state index >= 15 is 0 Å². The molecular formula is C13H23F3N2O4S2. The number of sulfonamides is 1. The van der Waals surface area contributed by atoms with Gasteiger partial charge in [-0.15, -0.1) is 0 Å². The molecule has 2 aliphatic carbocycles. The van der Waals surface area contributed by atoms with Crippen molar-refractivity contribution in [1.29, 1.82) is 0 Å². The molecule has 2 saturated carbocycles. The maximum Gasteiger partial charge on any atom is 0.346 e. The van der Waals surface area contributed by atoms with Crippen molar-refractivity contribution in [2.75, 3.05) is 14.1 Å². The third-order valence-electron chi connectivity index (χ3n) is 5.15. The molecule has 5 unspecified atom stereocenters. The van der Waals surface area contributed by atoms with Crippen molar-refractivity contribution < 1.29 is 30.3 Å². The van der Waals surface area contributed by atoms with Crippen LogP contribution in [0.1, 0.15) is 38.5 Å². The summed E-state index contributed by atoms with van der Waals surface area (Å²) in [6.45, 7) is 0. The predicted molar refractivity (Wildman–Crippen MR) is 83.6 cm³/mol. The number of rotatable bonds is 5. The normalized spacial score (nSPS) is 34.0. The SMILES string of the molecule is CN(C)C1CCCC2C1CCCC2S(=O)(=O)N=S(=O)(OF)C(F)F. The molecule has 0 amide bonds. The van der Waals surface area contributed by atoms with E-state index < -0.39 is 31.0 Å². The zero-order valence-electron chi connectivity index (χ0n) is 13.6. The molecule has 0 saturated heterocycles. The lowest BCUT2D eigenvalue weighted by Crippen LogP contribution is -2.49. The lowest BCUT2D eigenvalue weighted by atomic mass is 9.68. The number of hydrogen-bond donors (Lipinski definition) is 0. The number of alkyl halides is 2. The average molecular weight is 392 g/mol. The molecule has 0 aromatic heterocycles. The van der Waals surface area contributed by atoms with Gasteiger partial charge in [0, 0.05) is 6.04 Å². The molecule has 0 aliphatic heterocycles. The number of halogens is 3. The smallest absolute Gasteiger partial charge is 0.306 e. The van der Waals surface area contributed by atoms with Crippen molar-refractivity contribution in [2.45, 2.75) is 55.6 Å². The van der Waals surface area contributed by atoms with Crippen molar-refractivity contribution in [1.82, 2.24) is 4.90 Å². The van der Waals surface area contributed by atoms with E-state index in [-0.39, 0.29) is 24.3 Å². The summed E-state index contributed by atoms with van der Waals surface area (Å²) in [5.74, 6) is -3.99. The van der Waals surface area contributed by atoms with Gasteiger partial charge in [0.25, 0.3) is 20.0 Å². The highest BCUT2D eigenvalue weighted by molar-refractivity contribution is 8.01. The van der Waals surface area contributed by atoms with Crippen LogP contribution in [0.3, 0.4) is 0 Å². The topological polar surface area (TPSA) is 76.0 Å². The first kappa shape index (κ1) is 19.9. The second-order valence-corrected chi connectivity index (χ2v) is 10.4. The predicted octanol–water partition coefficient (Wildman–Crippen LogP) is 2.72. The van der Waals surface area contributed by atoms with Gasteiger partial charge in [-0.25, -0.2) is 12.6 Å².